The Morgan fingerprint density at radius 3 is 2.38 bits per heavy atom. The van der Waals surface area contributed by atoms with Crippen LogP contribution in [-0.2, 0) is 0 Å². The Morgan fingerprint density at radius 2 is 1.88 bits per heavy atom. The molecule has 0 heterocycles. The van der Waals surface area contributed by atoms with Crippen molar-refractivity contribution < 1.29 is 0 Å². The van der Waals surface area contributed by atoms with Gasteiger partial charge in [-0.05, 0) is 31.8 Å². The molecule has 3 heteroatoms. The van der Waals surface area contributed by atoms with Gasteiger partial charge in [0.05, 0.1) is 0 Å². The van der Waals surface area contributed by atoms with Crippen LogP contribution in [0.4, 0.5) is 0 Å². The van der Waals surface area contributed by atoms with Crippen molar-refractivity contribution in [2.45, 2.75) is 19.9 Å². The third-order valence-corrected chi connectivity index (χ3v) is 3.64. The molecule has 0 amide bonds. The Morgan fingerprint density at radius 1 is 1.25 bits per heavy atom. The van der Waals surface area contributed by atoms with Gasteiger partial charge in [0.15, 0.2) is 0 Å². The average molecular weight is 285 g/mol. The highest BCUT2D eigenvalue weighted by Crippen LogP contribution is 2.27. The van der Waals surface area contributed by atoms with Crippen molar-refractivity contribution in [2.24, 2.45) is 0 Å². The summed E-state index contributed by atoms with van der Waals surface area (Å²) in [5.41, 5.74) is 1.36. The van der Waals surface area contributed by atoms with Crippen molar-refractivity contribution in [3.8, 4) is 0 Å². The second kappa shape index (κ2) is 7.05. The smallest absolute Gasteiger partial charge is 0.0483 e. The lowest BCUT2D eigenvalue weighted by atomic mass is 10.1. The van der Waals surface area contributed by atoms with Gasteiger partial charge < -0.3 is 5.32 Å². The van der Waals surface area contributed by atoms with E-state index in [1.807, 2.05) is 7.05 Å². The van der Waals surface area contributed by atoms with Crippen LogP contribution in [0.5, 0.6) is 0 Å². The topological polar surface area (TPSA) is 15.3 Å². The molecule has 0 spiro atoms. The average Bonchev–Trinajstić information content (AvgIpc) is 2.30. The molecule has 1 N–H and O–H groups in total. The molecule has 0 radical (unpaired) electrons. The van der Waals surface area contributed by atoms with Gasteiger partial charge in [0, 0.05) is 17.1 Å². The summed E-state index contributed by atoms with van der Waals surface area (Å²) in [4.78, 5) is 2.47. The Kier molecular flexibility index (Phi) is 6.03. The van der Waals surface area contributed by atoms with E-state index in [9.17, 15) is 0 Å². The maximum absolute atomic E-state index is 3.64. The van der Waals surface area contributed by atoms with E-state index < -0.39 is 0 Å². The summed E-state index contributed by atoms with van der Waals surface area (Å²) in [6, 6.07) is 8.92. The molecule has 90 valence electrons. The van der Waals surface area contributed by atoms with E-state index in [1.165, 1.54) is 10.0 Å². The molecule has 1 rings (SSSR count). The SMILES string of the molecule is CCN(CC)C(CNC)c1ccccc1Br. The number of hydrogen-bond acceptors (Lipinski definition) is 2. The number of hydrogen-bond donors (Lipinski definition) is 1. The van der Waals surface area contributed by atoms with Crippen LogP contribution in [0.1, 0.15) is 25.5 Å². The normalized spacial score (nSPS) is 13.1. The van der Waals surface area contributed by atoms with E-state index in [2.05, 4.69) is 64.3 Å². The second-order valence-electron chi connectivity index (χ2n) is 3.82. The van der Waals surface area contributed by atoms with Crippen LogP contribution >= 0.6 is 15.9 Å². The third kappa shape index (κ3) is 3.30. The quantitative estimate of drug-likeness (QED) is 0.864. The highest BCUT2D eigenvalue weighted by Gasteiger charge is 2.18. The van der Waals surface area contributed by atoms with Gasteiger partial charge in [0.2, 0.25) is 0 Å². The van der Waals surface area contributed by atoms with Crippen molar-refractivity contribution in [1.29, 1.82) is 0 Å². The fraction of sp³-hybridized carbons (Fsp3) is 0.538. The molecule has 1 aromatic carbocycles. The number of benzene rings is 1. The van der Waals surface area contributed by atoms with Crippen molar-refractivity contribution >= 4 is 15.9 Å². The summed E-state index contributed by atoms with van der Waals surface area (Å²) in [6.07, 6.45) is 0. The molecule has 1 aromatic rings. The Labute approximate surface area is 107 Å². The van der Waals surface area contributed by atoms with Gasteiger partial charge in [-0.1, -0.05) is 48.0 Å². The molecule has 16 heavy (non-hydrogen) atoms. The molecule has 1 atom stereocenters. The summed E-state index contributed by atoms with van der Waals surface area (Å²) in [5, 5.41) is 3.28. The van der Waals surface area contributed by atoms with E-state index in [-0.39, 0.29) is 0 Å². The third-order valence-electron chi connectivity index (χ3n) is 2.91. The van der Waals surface area contributed by atoms with Gasteiger partial charge in [-0.25, -0.2) is 0 Å². The first-order valence-electron chi connectivity index (χ1n) is 5.87. The van der Waals surface area contributed by atoms with Crippen molar-refractivity contribution in [1.82, 2.24) is 10.2 Å². The molecular weight excluding hydrogens is 264 g/mol. The van der Waals surface area contributed by atoms with Crippen LogP contribution in [0, 0.1) is 0 Å². The molecule has 0 bridgehead atoms. The molecule has 0 saturated carbocycles. The molecule has 1 unspecified atom stereocenters. The molecular formula is C13H21BrN2. The highest BCUT2D eigenvalue weighted by atomic mass is 79.9. The van der Waals surface area contributed by atoms with Gasteiger partial charge in [-0.3, -0.25) is 4.90 Å². The monoisotopic (exact) mass is 284 g/mol. The number of rotatable bonds is 6. The summed E-state index contributed by atoms with van der Waals surface area (Å²) >= 11 is 3.64. The minimum Gasteiger partial charge on any atom is -0.318 e. The molecule has 0 aliphatic carbocycles. The van der Waals surface area contributed by atoms with Crippen molar-refractivity contribution in [3.63, 3.8) is 0 Å². The maximum Gasteiger partial charge on any atom is 0.0483 e. The molecule has 0 aliphatic heterocycles. The van der Waals surface area contributed by atoms with Crippen LogP contribution in [0.15, 0.2) is 28.7 Å². The number of nitrogens with one attached hydrogen (secondary N) is 1. The lowest BCUT2D eigenvalue weighted by Crippen LogP contribution is -2.34. The van der Waals surface area contributed by atoms with E-state index >= 15 is 0 Å². The van der Waals surface area contributed by atoms with Gasteiger partial charge >= 0.3 is 0 Å². The van der Waals surface area contributed by atoms with Crippen LogP contribution < -0.4 is 5.32 Å². The van der Waals surface area contributed by atoms with Gasteiger partial charge in [-0.15, -0.1) is 0 Å². The van der Waals surface area contributed by atoms with E-state index in [1.54, 1.807) is 0 Å². The standard InChI is InChI=1S/C13H21BrN2/c1-4-16(5-2)13(10-15-3)11-8-6-7-9-12(11)14/h6-9,13,15H,4-5,10H2,1-3H3. The summed E-state index contributed by atoms with van der Waals surface area (Å²) in [5.74, 6) is 0. The largest absolute Gasteiger partial charge is 0.318 e. The van der Waals surface area contributed by atoms with Crippen molar-refractivity contribution in [3.05, 3.63) is 34.3 Å². The maximum atomic E-state index is 3.64. The molecule has 2 nitrogen and oxygen atoms in total. The summed E-state index contributed by atoms with van der Waals surface area (Å²) in [7, 11) is 2.01. The van der Waals surface area contributed by atoms with Crippen LogP contribution in [-0.4, -0.2) is 31.6 Å². The summed E-state index contributed by atoms with van der Waals surface area (Å²) < 4.78 is 1.20. The predicted molar refractivity (Wildman–Crippen MR) is 73.7 cm³/mol. The van der Waals surface area contributed by atoms with Crippen LogP contribution in [0.25, 0.3) is 0 Å². The number of likely N-dealkylation sites (N-methyl/N-ethyl adjacent to an activating group) is 2. The van der Waals surface area contributed by atoms with Gasteiger partial charge in [0.1, 0.15) is 0 Å². The number of nitrogens with zero attached hydrogens (tertiary/aromatic N) is 1. The zero-order valence-electron chi connectivity index (χ0n) is 10.3. The first-order valence-corrected chi connectivity index (χ1v) is 6.66. The Hall–Kier alpha value is -0.380. The minimum absolute atomic E-state index is 0.440. The van der Waals surface area contributed by atoms with E-state index in [0.717, 1.165) is 19.6 Å². The fourth-order valence-corrected chi connectivity index (χ4v) is 2.59. The lowest BCUT2D eigenvalue weighted by Gasteiger charge is -2.30. The fourth-order valence-electron chi connectivity index (χ4n) is 2.04. The van der Waals surface area contributed by atoms with Crippen molar-refractivity contribution in [2.75, 3.05) is 26.7 Å². The van der Waals surface area contributed by atoms with E-state index in [0.29, 0.717) is 6.04 Å². The second-order valence-corrected chi connectivity index (χ2v) is 4.67. The van der Waals surface area contributed by atoms with Crippen LogP contribution in [0.2, 0.25) is 0 Å². The molecule has 0 fully saturated rings. The van der Waals surface area contributed by atoms with E-state index in [4.69, 9.17) is 0 Å². The molecule has 0 aromatic heterocycles. The summed E-state index contributed by atoms with van der Waals surface area (Å²) in [6.45, 7) is 7.55. The lowest BCUT2D eigenvalue weighted by molar-refractivity contribution is 0.215. The molecule has 0 saturated heterocycles. The first-order chi connectivity index (χ1) is 7.74. The minimum atomic E-state index is 0.440. The highest BCUT2D eigenvalue weighted by molar-refractivity contribution is 9.10. The predicted octanol–water partition coefficient (Wildman–Crippen LogP) is 3.05. The zero-order chi connectivity index (χ0) is 12.0. The Balaban J connectivity index is 2.97. The van der Waals surface area contributed by atoms with Gasteiger partial charge in [-0.2, -0.15) is 0 Å². The van der Waals surface area contributed by atoms with Crippen LogP contribution in [0.3, 0.4) is 0 Å². The first kappa shape index (κ1) is 13.7. The van der Waals surface area contributed by atoms with Gasteiger partial charge in [0.25, 0.3) is 0 Å². The number of halogens is 1. The molecule has 0 aliphatic rings. The zero-order valence-corrected chi connectivity index (χ0v) is 11.9. The Bertz CT molecular complexity index is 311.